The first kappa shape index (κ1) is 58.6. The molecule has 0 radical (unpaired) electrons. The fourth-order valence-corrected chi connectivity index (χ4v) is 8.40. The lowest BCUT2D eigenvalue weighted by molar-refractivity contribution is -0.143. The normalized spacial score (nSPS) is 12.7. The van der Waals surface area contributed by atoms with Crippen molar-refractivity contribution in [2.45, 2.75) is 309 Å². The van der Waals surface area contributed by atoms with Gasteiger partial charge in [-0.2, -0.15) is 0 Å². The fourth-order valence-electron chi connectivity index (χ4n) is 8.40. The molecule has 0 aliphatic rings. The molecule has 0 saturated carbocycles. The Morgan fingerprint density at radius 2 is 0.783 bits per heavy atom. The fraction of sp³-hybridized carbons (Fsp3) is 0.926. The predicted molar refractivity (Wildman–Crippen MR) is 260 cm³/mol. The van der Waals surface area contributed by atoms with E-state index in [0.717, 1.165) is 38.5 Å². The maximum Gasteiger partial charge on any atom is 0.305 e. The van der Waals surface area contributed by atoms with Crippen LogP contribution < -0.4 is 5.32 Å². The second kappa shape index (κ2) is 50.2. The maximum absolute atomic E-state index is 12.4. The van der Waals surface area contributed by atoms with Gasteiger partial charge in [-0.1, -0.05) is 244 Å². The second-order valence-corrected chi connectivity index (χ2v) is 18.6. The molecule has 0 aliphatic carbocycles. The minimum atomic E-state index is -0.666. The lowest BCUT2D eigenvalue weighted by atomic mass is 10.0. The topological polar surface area (TPSA) is 95.9 Å². The van der Waals surface area contributed by atoms with Gasteiger partial charge >= 0.3 is 5.97 Å². The number of ether oxygens (including phenoxy) is 1. The zero-order valence-electron chi connectivity index (χ0n) is 40.5. The van der Waals surface area contributed by atoms with Crippen LogP contribution in [-0.4, -0.2) is 47.4 Å². The summed E-state index contributed by atoms with van der Waals surface area (Å²) in [5.74, 6) is -0.0352. The molecule has 0 aromatic heterocycles. The minimum absolute atomic E-state index is 0.00794. The van der Waals surface area contributed by atoms with Gasteiger partial charge in [-0.25, -0.2) is 0 Å². The molecule has 0 saturated heterocycles. The van der Waals surface area contributed by atoms with Crippen LogP contribution in [-0.2, 0) is 14.3 Å². The van der Waals surface area contributed by atoms with Crippen LogP contribution in [0.15, 0.2) is 12.2 Å². The lowest BCUT2D eigenvalue weighted by Crippen LogP contribution is -2.45. The summed E-state index contributed by atoms with van der Waals surface area (Å²) in [4.78, 5) is 24.4. The summed E-state index contributed by atoms with van der Waals surface area (Å²) in [7, 11) is 0. The van der Waals surface area contributed by atoms with Crippen molar-refractivity contribution in [2.24, 2.45) is 0 Å². The van der Waals surface area contributed by atoms with Crippen molar-refractivity contribution in [2.75, 3.05) is 13.2 Å². The Labute approximate surface area is 374 Å². The van der Waals surface area contributed by atoms with Gasteiger partial charge in [-0.15, -0.1) is 0 Å². The number of hydrogen-bond acceptors (Lipinski definition) is 5. The molecule has 0 rings (SSSR count). The molecule has 2 atom stereocenters. The van der Waals surface area contributed by atoms with Crippen LogP contribution >= 0.6 is 0 Å². The molecule has 2 unspecified atom stereocenters. The molecular formula is C54H105NO5. The van der Waals surface area contributed by atoms with Crippen LogP contribution in [0.1, 0.15) is 296 Å². The third-order valence-electron chi connectivity index (χ3n) is 12.6. The largest absolute Gasteiger partial charge is 0.466 e. The Morgan fingerprint density at radius 1 is 0.450 bits per heavy atom. The minimum Gasteiger partial charge on any atom is -0.466 e. The van der Waals surface area contributed by atoms with Crippen molar-refractivity contribution < 1.29 is 24.5 Å². The third-order valence-corrected chi connectivity index (χ3v) is 12.6. The second-order valence-electron chi connectivity index (χ2n) is 18.6. The number of allylic oxidation sites excluding steroid dienone is 2. The van der Waals surface area contributed by atoms with E-state index in [9.17, 15) is 19.8 Å². The average molecular weight is 848 g/mol. The molecule has 60 heavy (non-hydrogen) atoms. The van der Waals surface area contributed by atoms with E-state index >= 15 is 0 Å². The quantitative estimate of drug-likeness (QED) is 0.0322. The summed E-state index contributed by atoms with van der Waals surface area (Å²) < 4.78 is 5.45. The zero-order chi connectivity index (χ0) is 43.7. The number of esters is 1. The molecule has 0 fully saturated rings. The molecule has 0 aromatic rings. The number of nitrogens with one attached hydrogen (secondary N) is 1. The van der Waals surface area contributed by atoms with Crippen LogP contribution in [0.4, 0.5) is 0 Å². The zero-order valence-corrected chi connectivity index (χ0v) is 40.5. The van der Waals surface area contributed by atoms with Gasteiger partial charge in [-0.3, -0.25) is 9.59 Å². The Hall–Kier alpha value is -1.40. The van der Waals surface area contributed by atoms with Gasteiger partial charge in [0.25, 0.3) is 0 Å². The van der Waals surface area contributed by atoms with Crippen LogP contribution in [0.3, 0.4) is 0 Å². The van der Waals surface area contributed by atoms with E-state index in [0.29, 0.717) is 25.9 Å². The number of hydrogen-bond donors (Lipinski definition) is 3. The van der Waals surface area contributed by atoms with Crippen LogP contribution in [0.5, 0.6) is 0 Å². The Kier molecular flexibility index (Phi) is 49.1. The number of aliphatic hydroxyl groups excluding tert-OH is 2. The van der Waals surface area contributed by atoms with Crippen molar-refractivity contribution >= 4 is 11.9 Å². The monoisotopic (exact) mass is 848 g/mol. The summed E-state index contributed by atoms with van der Waals surface area (Å²) in [6.07, 6.45) is 57.7. The number of aliphatic hydroxyl groups is 2. The van der Waals surface area contributed by atoms with Gasteiger partial charge in [0, 0.05) is 12.8 Å². The van der Waals surface area contributed by atoms with E-state index in [4.69, 9.17) is 4.74 Å². The molecule has 6 nitrogen and oxygen atoms in total. The summed E-state index contributed by atoms with van der Waals surface area (Å²) in [6, 6.07) is -0.544. The highest BCUT2D eigenvalue weighted by Crippen LogP contribution is 2.16. The molecule has 356 valence electrons. The standard InChI is InChI=1S/C54H105NO5/c1-3-5-7-9-11-13-26-30-34-38-42-46-52(57)51(50-56)55-53(58)47-43-39-35-31-28-24-22-20-18-16-15-17-19-21-23-25-29-33-37-41-45-49-60-54(59)48-44-40-36-32-27-14-12-10-8-6-4-2/h16,18,51-52,56-57H,3-15,17,19-50H2,1-2H3,(H,55,58)/b18-16-. The summed E-state index contributed by atoms with van der Waals surface area (Å²) in [5.41, 5.74) is 0. The molecular weight excluding hydrogens is 743 g/mol. The molecule has 0 bridgehead atoms. The molecule has 6 heteroatoms. The van der Waals surface area contributed by atoms with Gasteiger partial charge in [-0.05, 0) is 51.4 Å². The van der Waals surface area contributed by atoms with Crippen molar-refractivity contribution in [3.05, 3.63) is 12.2 Å². The van der Waals surface area contributed by atoms with Gasteiger partial charge in [0.2, 0.25) is 5.91 Å². The molecule has 0 aliphatic heterocycles. The highest BCUT2D eigenvalue weighted by Gasteiger charge is 2.20. The van der Waals surface area contributed by atoms with E-state index in [1.807, 2.05) is 0 Å². The van der Waals surface area contributed by atoms with Crippen molar-refractivity contribution in [3.8, 4) is 0 Å². The summed E-state index contributed by atoms with van der Waals surface area (Å²) in [6.45, 7) is 4.94. The Morgan fingerprint density at radius 3 is 1.18 bits per heavy atom. The number of unbranched alkanes of at least 4 members (excludes halogenated alkanes) is 37. The summed E-state index contributed by atoms with van der Waals surface area (Å²) >= 11 is 0. The van der Waals surface area contributed by atoms with Crippen LogP contribution in [0, 0.1) is 0 Å². The number of carbonyl (C=O) groups excluding carboxylic acids is 2. The molecule has 3 N–H and O–H groups in total. The van der Waals surface area contributed by atoms with E-state index in [1.165, 1.54) is 225 Å². The molecule has 0 heterocycles. The van der Waals surface area contributed by atoms with Gasteiger partial charge in [0.15, 0.2) is 0 Å². The smallest absolute Gasteiger partial charge is 0.305 e. The van der Waals surface area contributed by atoms with Crippen LogP contribution in [0.2, 0.25) is 0 Å². The van der Waals surface area contributed by atoms with E-state index in [1.54, 1.807) is 0 Å². The molecule has 0 spiro atoms. The van der Waals surface area contributed by atoms with E-state index in [-0.39, 0.29) is 18.5 Å². The predicted octanol–water partition coefficient (Wildman–Crippen LogP) is 16.1. The SMILES string of the molecule is CCCCCCCCCCCCCC(=O)OCCCCCCCCCCCC/C=C\CCCCCCCCCC(=O)NC(CO)C(O)CCCCCCCCCCCCC. The Bertz CT molecular complexity index is 893. The highest BCUT2D eigenvalue weighted by molar-refractivity contribution is 5.76. The first-order valence-corrected chi connectivity index (χ1v) is 26.9. The van der Waals surface area contributed by atoms with E-state index in [2.05, 4.69) is 31.3 Å². The van der Waals surface area contributed by atoms with Crippen molar-refractivity contribution in [3.63, 3.8) is 0 Å². The third kappa shape index (κ3) is 46.1. The lowest BCUT2D eigenvalue weighted by Gasteiger charge is -2.22. The number of rotatable bonds is 50. The van der Waals surface area contributed by atoms with Gasteiger partial charge in [0.05, 0.1) is 25.4 Å². The first-order valence-electron chi connectivity index (χ1n) is 26.9. The van der Waals surface area contributed by atoms with Gasteiger partial charge in [0.1, 0.15) is 0 Å². The molecule has 0 aromatic carbocycles. The Balaban J connectivity index is 3.41. The maximum atomic E-state index is 12.4. The van der Waals surface area contributed by atoms with E-state index < -0.39 is 12.1 Å². The van der Waals surface area contributed by atoms with Crippen molar-refractivity contribution in [1.82, 2.24) is 5.32 Å². The van der Waals surface area contributed by atoms with Gasteiger partial charge < -0.3 is 20.3 Å². The number of carbonyl (C=O) groups is 2. The summed E-state index contributed by atoms with van der Waals surface area (Å²) in [5, 5.41) is 23.1. The first-order chi connectivity index (χ1) is 29.5. The van der Waals surface area contributed by atoms with Crippen molar-refractivity contribution in [1.29, 1.82) is 0 Å². The van der Waals surface area contributed by atoms with Crippen LogP contribution in [0.25, 0.3) is 0 Å². The highest BCUT2D eigenvalue weighted by atomic mass is 16.5. The molecule has 1 amide bonds. The number of amides is 1. The average Bonchev–Trinajstić information content (AvgIpc) is 3.25.